The number of nitrogens with zero attached hydrogens (tertiary/aromatic N) is 1. The number of esters is 1. The molecule has 0 spiro atoms. The number of nitrogens with two attached hydrogens (primary N) is 1. The summed E-state index contributed by atoms with van der Waals surface area (Å²) >= 11 is 0. The maximum absolute atomic E-state index is 12.0. The van der Waals surface area contributed by atoms with Crippen LogP contribution in [0, 0.1) is 11.3 Å². The molecule has 116 valence electrons. The number of carbonyl (C=O) groups is 1. The molecule has 1 aromatic heterocycles. The Morgan fingerprint density at radius 1 is 1.43 bits per heavy atom. The lowest BCUT2D eigenvalue weighted by Crippen LogP contribution is -2.35. The van der Waals surface area contributed by atoms with Crippen molar-refractivity contribution >= 4 is 11.7 Å². The second kappa shape index (κ2) is 5.92. The molecule has 0 aliphatic heterocycles. The van der Waals surface area contributed by atoms with Crippen LogP contribution in [-0.4, -0.2) is 16.6 Å². The predicted octanol–water partition coefficient (Wildman–Crippen LogP) is 2.19. The zero-order valence-corrected chi connectivity index (χ0v) is 13.0. The third kappa shape index (κ3) is 4.34. The molecule has 1 heterocycles. The number of anilines is 1. The number of pyridine rings is 1. The van der Waals surface area contributed by atoms with E-state index in [2.05, 4.69) is 20.8 Å². The molecule has 1 fully saturated rings. The van der Waals surface area contributed by atoms with Gasteiger partial charge in [0, 0.05) is 18.0 Å². The molecule has 1 aromatic rings. The van der Waals surface area contributed by atoms with Gasteiger partial charge in [-0.25, -0.2) is 0 Å². The van der Waals surface area contributed by atoms with Crippen LogP contribution in [-0.2, 0) is 16.1 Å². The van der Waals surface area contributed by atoms with Crippen molar-refractivity contribution in [1.82, 2.24) is 4.57 Å². The molecule has 0 bridgehead atoms. The van der Waals surface area contributed by atoms with Gasteiger partial charge >= 0.3 is 5.97 Å². The van der Waals surface area contributed by atoms with Crippen molar-refractivity contribution in [2.45, 2.75) is 52.7 Å². The van der Waals surface area contributed by atoms with Gasteiger partial charge in [0.15, 0.2) is 0 Å². The third-order valence-corrected chi connectivity index (χ3v) is 3.95. The highest BCUT2D eigenvalue weighted by Gasteiger charge is 2.33. The van der Waals surface area contributed by atoms with E-state index >= 15 is 0 Å². The summed E-state index contributed by atoms with van der Waals surface area (Å²) in [5.74, 6) is 0.166. The van der Waals surface area contributed by atoms with Gasteiger partial charge in [0.2, 0.25) is 0 Å². The number of hydrogen-bond acceptors (Lipinski definition) is 4. The molecule has 2 N–H and O–H groups in total. The van der Waals surface area contributed by atoms with E-state index in [9.17, 15) is 9.59 Å². The van der Waals surface area contributed by atoms with E-state index in [1.54, 1.807) is 0 Å². The van der Waals surface area contributed by atoms with Crippen LogP contribution >= 0.6 is 0 Å². The molecule has 2 unspecified atom stereocenters. The fraction of sp³-hybridized carbons (Fsp3) is 0.625. The molecule has 0 amide bonds. The second-order valence-corrected chi connectivity index (χ2v) is 6.95. The summed E-state index contributed by atoms with van der Waals surface area (Å²) in [6, 6.07) is 2.88. The average Bonchev–Trinajstić information content (AvgIpc) is 2.31. The molecule has 1 aliphatic rings. The van der Waals surface area contributed by atoms with Gasteiger partial charge in [0.05, 0.1) is 0 Å². The van der Waals surface area contributed by atoms with Crippen LogP contribution in [0.25, 0.3) is 0 Å². The molecule has 0 aromatic carbocycles. The molecule has 1 aliphatic carbocycles. The first-order chi connectivity index (χ1) is 9.75. The van der Waals surface area contributed by atoms with Gasteiger partial charge in [0.25, 0.3) is 5.56 Å². The topological polar surface area (TPSA) is 74.3 Å². The third-order valence-electron chi connectivity index (χ3n) is 3.95. The summed E-state index contributed by atoms with van der Waals surface area (Å²) in [5, 5.41) is 0. The van der Waals surface area contributed by atoms with E-state index in [0.717, 1.165) is 19.3 Å². The van der Waals surface area contributed by atoms with E-state index in [1.165, 1.54) is 22.9 Å². The highest BCUT2D eigenvalue weighted by Crippen LogP contribution is 2.39. The highest BCUT2D eigenvalue weighted by atomic mass is 16.5. The maximum Gasteiger partial charge on any atom is 0.326 e. The molecule has 21 heavy (non-hydrogen) atoms. The normalized spacial score (nSPS) is 24.5. The molecular formula is C16H24N2O3. The Bertz CT molecular complexity index is 577. The summed E-state index contributed by atoms with van der Waals surface area (Å²) < 4.78 is 6.84. The second-order valence-electron chi connectivity index (χ2n) is 6.95. The lowest BCUT2D eigenvalue weighted by molar-refractivity contribution is -0.154. The molecule has 0 radical (unpaired) electrons. The van der Waals surface area contributed by atoms with Crippen LogP contribution in [0.15, 0.2) is 23.1 Å². The number of carbonyl (C=O) groups excluding carboxylic acids is 1. The van der Waals surface area contributed by atoms with E-state index in [1.807, 2.05) is 0 Å². The number of aromatic nitrogens is 1. The van der Waals surface area contributed by atoms with E-state index in [4.69, 9.17) is 10.5 Å². The molecule has 0 saturated heterocycles. The Morgan fingerprint density at radius 2 is 2.14 bits per heavy atom. The number of ether oxygens (including phenoxy) is 1. The van der Waals surface area contributed by atoms with Crippen molar-refractivity contribution < 1.29 is 9.53 Å². The zero-order valence-electron chi connectivity index (χ0n) is 13.0. The van der Waals surface area contributed by atoms with E-state index in [0.29, 0.717) is 11.6 Å². The van der Waals surface area contributed by atoms with Gasteiger partial charge in [-0.05, 0) is 36.7 Å². The summed E-state index contributed by atoms with van der Waals surface area (Å²) in [5.41, 5.74) is 6.02. The van der Waals surface area contributed by atoms with Crippen LogP contribution in [0.3, 0.4) is 0 Å². The number of rotatable bonds is 3. The monoisotopic (exact) mass is 292 g/mol. The minimum Gasteiger partial charge on any atom is -0.461 e. The quantitative estimate of drug-likeness (QED) is 0.867. The lowest BCUT2D eigenvalue weighted by atomic mass is 9.71. The van der Waals surface area contributed by atoms with Crippen molar-refractivity contribution in [3.05, 3.63) is 28.7 Å². The number of hydrogen-bond donors (Lipinski definition) is 1. The van der Waals surface area contributed by atoms with Gasteiger partial charge in [-0.3, -0.25) is 9.59 Å². The minimum atomic E-state index is -0.377. The van der Waals surface area contributed by atoms with Crippen LogP contribution in [0.2, 0.25) is 0 Å². The van der Waals surface area contributed by atoms with Gasteiger partial charge in [0.1, 0.15) is 12.6 Å². The SMILES string of the molecule is CC1CC(OC(=O)Cn2cc(N)ccc2=O)CC(C)(C)C1. The zero-order chi connectivity index (χ0) is 15.6. The van der Waals surface area contributed by atoms with Crippen molar-refractivity contribution in [1.29, 1.82) is 0 Å². The molecule has 1 saturated carbocycles. The Labute approximate surface area is 125 Å². The highest BCUT2D eigenvalue weighted by molar-refractivity contribution is 5.69. The Balaban J connectivity index is 1.98. The predicted molar refractivity (Wildman–Crippen MR) is 81.8 cm³/mol. The lowest BCUT2D eigenvalue weighted by Gasteiger charge is -2.38. The first-order valence-electron chi connectivity index (χ1n) is 7.41. The van der Waals surface area contributed by atoms with Crippen molar-refractivity contribution in [2.24, 2.45) is 11.3 Å². The maximum atomic E-state index is 12.0. The average molecular weight is 292 g/mol. The summed E-state index contributed by atoms with van der Waals surface area (Å²) in [6.45, 7) is 6.50. The van der Waals surface area contributed by atoms with Crippen molar-refractivity contribution in [2.75, 3.05) is 5.73 Å². The summed E-state index contributed by atoms with van der Waals surface area (Å²) in [6.07, 6.45) is 4.32. The van der Waals surface area contributed by atoms with Crippen molar-refractivity contribution in [3.8, 4) is 0 Å². The molecule has 2 atom stereocenters. The van der Waals surface area contributed by atoms with Gasteiger partial charge in [-0.1, -0.05) is 20.8 Å². The Kier molecular flexibility index (Phi) is 4.40. The first-order valence-corrected chi connectivity index (χ1v) is 7.41. The molecule has 2 rings (SSSR count). The fourth-order valence-electron chi connectivity index (χ4n) is 3.38. The first kappa shape index (κ1) is 15.6. The smallest absolute Gasteiger partial charge is 0.326 e. The largest absolute Gasteiger partial charge is 0.461 e. The standard InChI is InChI=1S/C16H24N2O3/c1-11-6-13(8-16(2,3)7-11)21-15(20)10-18-9-12(17)4-5-14(18)19/h4-5,9,11,13H,6-8,10,17H2,1-3H3. The van der Waals surface area contributed by atoms with Crippen LogP contribution in [0.1, 0.15) is 40.0 Å². The van der Waals surface area contributed by atoms with Gasteiger partial charge in [-0.15, -0.1) is 0 Å². The van der Waals surface area contributed by atoms with Crippen LogP contribution in [0.4, 0.5) is 5.69 Å². The number of nitrogen functional groups attached to an aromatic ring is 1. The molecule has 5 nitrogen and oxygen atoms in total. The fourth-order valence-corrected chi connectivity index (χ4v) is 3.38. The summed E-state index contributed by atoms with van der Waals surface area (Å²) in [4.78, 5) is 23.7. The van der Waals surface area contributed by atoms with E-state index < -0.39 is 0 Å². The molecular weight excluding hydrogens is 268 g/mol. The Hall–Kier alpha value is -1.78. The van der Waals surface area contributed by atoms with Gasteiger partial charge in [-0.2, -0.15) is 0 Å². The molecule has 5 heteroatoms. The Morgan fingerprint density at radius 3 is 2.81 bits per heavy atom. The van der Waals surface area contributed by atoms with E-state index in [-0.39, 0.29) is 29.6 Å². The van der Waals surface area contributed by atoms with Crippen molar-refractivity contribution in [3.63, 3.8) is 0 Å². The van der Waals surface area contributed by atoms with Crippen LogP contribution < -0.4 is 11.3 Å². The summed E-state index contributed by atoms with van der Waals surface area (Å²) in [7, 11) is 0. The van der Waals surface area contributed by atoms with Gasteiger partial charge < -0.3 is 15.0 Å². The minimum absolute atomic E-state index is 0.0620. The van der Waals surface area contributed by atoms with Crippen LogP contribution in [0.5, 0.6) is 0 Å².